The van der Waals surface area contributed by atoms with E-state index in [-0.39, 0.29) is 11.8 Å². The fourth-order valence-electron chi connectivity index (χ4n) is 8.87. The van der Waals surface area contributed by atoms with Crippen molar-refractivity contribution in [1.82, 2.24) is 14.5 Å². The first-order valence-corrected chi connectivity index (χ1v) is 17.6. The fourth-order valence-corrected chi connectivity index (χ4v) is 8.87. The molecule has 6 aromatic carbocycles. The normalized spacial score (nSPS) is 14.4. The van der Waals surface area contributed by atoms with E-state index in [1.807, 2.05) is 12.4 Å². The summed E-state index contributed by atoms with van der Waals surface area (Å²) in [5, 5.41) is 2.38. The smallest absolute Gasteiger partial charge is 0.145 e. The highest BCUT2D eigenvalue weighted by Crippen LogP contribution is 2.50. The van der Waals surface area contributed by atoms with E-state index in [0.29, 0.717) is 0 Å². The topological polar surface area (TPSA) is 30.7 Å². The summed E-state index contributed by atoms with van der Waals surface area (Å²) in [5.41, 5.74) is 18.5. The molecular formula is C48H31N3. The summed E-state index contributed by atoms with van der Waals surface area (Å²) >= 11 is 0. The summed E-state index contributed by atoms with van der Waals surface area (Å²) < 4.78 is 2.34. The number of hydrogen-bond acceptors (Lipinski definition) is 2. The average molecular weight is 650 g/mol. The summed E-state index contributed by atoms with van der Waals surface area (Å²) in [4.78, 5) is 9.97. The van der Waals surface area contributed by atoms with E-state index >= 15 is 0 Å². The van der Waals surface area contributed by atoms with Crippen LogP contribution in [-0.4, -0.2) is 14.5 Å². The second kappa shape index (κ2) is 11.0. The zero-order valence-electron chi connectivity index (χ0n) is 27.7. The van der Waals surface area contributed by atoms with E-state index in [1.54, 1.807) is 0 Å². The van der Waals surface area contributed by atoms with Crippen LogP contribution in [0.25, 0.3) is 61.0 Å². The van der Waals surface area contributed by atoms with Crippen molar-refractivity contribution in [2.75, 3.05) is 0 Å². The van der Waals surface area contributed by atoms with Crippen LogP contribution in [-0.2, 0) is 0 Å². The Morgan fingerprint density at radius 2 is 1.12 bits per heavy atom. The highest BCUT2D eigenvalue weighted by Gasteiger charge is 2.33. The molecule has 0 spiro atoms. The molecular weight excluding hydrogens is 619 g/mol. The second-order valence-electron chi connectivity index (χ2n) is 13.7. The van der Waals surface area contributed by atoms with Gasteiger partial charge in [0.05, 0.1) is 17.1 Å². The molecule has 2 aliphatic rings. The molecule has 238 valence electrons. The first-order chi connectivity index (χ1) is 25.3. The van der Waals surface area contributed by atoms with Crippen LogP contribution in [0.1, 0.15) is 45.3 Å². The Balaban J connectivity index is 1.06. The van der Waals surface area contributed by atoms with E-state index in [2.05, 4.69) is 168 Å². The summed E-state index contributed by atoms with van der Waals surface area (Å²) in [6.45, 7) is 0. The van der Waals surface area contributed by atoms with Crippen molar-refractivity contribution in [2.45, 2.75) is 11.8 Å². The third-order valence-electron chi connectivity index (χ3n) is 11.1. The first kappa shape index (κ1) is 28.3. The van der Waals surface area contributed by atoms with Gasteiger partial charge >= 0.3 is 0 Å². The van der Waals surface area contributed by atoms with Gasteiger partial charge in [-0.15, -0.1) is 0 Å². The van der Waals surface area contributed by atoms with E-state index < -0.39 is 0 Å². The number of rotatable bonds is 4. The van der Waals surface area contributed by atoms with E-state index in [9.17, 15) is 0 Å². The lowest BCUT2D eigenvalue weighted by Gasteiger charge is -2.17. The highest BCUT2D eigenvalue weighted by molar-refractivity contribution is 6.08. The van der Waals surface area contributed by atoms with Crippen molar-refractivity contribution < 1.29 is 0 Å². The molecule has 0 N–H and O–H groups in total. The maximum Gasteiger partial charge on any atom is 0.145 e. The van der Waals surface area contributed by atoms with Gasteiger partial charge in [-0.3, -0.25) is 9.55 Å². The number of hydrogen-bond donors (Lipinski definition) is 0. The average Bonchev–Trinajstić information content (AvgIpc) is 3.83. The Morgan fingerprint density at radius 3 is 1.96 bits per heavy atom. The van der Waals surface area contributed by atoms with Gasteiger partial charge in [0.25, 0.3) is 0 Å². The fraction of sp³-hybridized carbons (Fsp3) is 0.0417. The van der Waals surface area contributed by atoms with Crippen LogP contribution in [0.3, 0.4) is 0 Å². The molecule has 0 bridgehead atoms. The molecule has 3 nitrogen and oxygen atoms in total. The van der Waals surface area contributed by atoms with Crippen molar-refractivity contribution in [2.24, 2.45) is 0 Å². The minimum absolute atomic E-state index is 0.0381. The highest BCUT2D eigenvalue weighted by atomic mass is 15.0. The van der Waals surface area contributed by atoms with Crippen LogP contribution in [0.4, 0.5) is 0 Å². The first-order valence-electron chi connectivity index (χ1n) is 17.6. The zero-order valence-corrected chi connectivity index (χ0v) is 27.7. The lowest BCUT2D eigenvalue weighted by Crippen LogP contribution is -2.03. The molecule has 51 heavy (non-hydrogen) atoms. The Hall–Kier alpha value is -6.58. The number of nitrogens with zero attached hydrogens (tertiary/aromatic N) is 3. The molecule has 1 atom stereocenters. The van der Waals surface area contributed by atoms with Crippen molar-refractivity contribution in [3.63, 3.8) is 0 Å². The van der Waals surface area contributed by atoms with Gasteiger partial charge < -0.3 is 0 Å². The van der Waals surface area contributed by atoms with Crippen molar-refractivity contribution in [3.05, 3.63) is 210 Å². The van der Waals surface area contributed by atoms with Gasteiger partial charge in [0, 0.05) is 40.3 Å². The van der Waals surface area contributed by atoms with E-state index in [4.69, 9.17) is 9.97 Å². The van der Waals surface area contributed by atoms with Crippen LogP contribution in [0.5, 0.6) is 0 Å². The van der Waals surface area contributed by atoms with Gasteiger partial charge in [0.2, 0.25) is 0 Å². The van der Waals surface area contributed by atoms with E-state index in [1.165, 1.54) is 66.6 Å². The van der Waals surface area contributed by atoms with Crippen LogP contribution in [0.15, 0.2) is 176 Å². The Morgan fingerprint density at radius 1 is 0.412 bits per heavy atom. The van der Waals surface area contributed by atoms with Crippen LogP contribution in [0.2, 0.25) is 0 Å². The number of fused-ring (bicyclic) bond motifs is 9. The van der Waals surface area contributed by atoms with Crippen LogP contribution in [0, 0.1) is 0 Å². The van der Waals surface area contributed by atoms with Gasteiger partial charge in [-0.25, -0.2) is 4.98 Å². The van der Waals surface area contributed by atoms with Crippen molar-refractivity contribution >= 4 is 21.9 Å². The summed E-state index contributed by atoms with van der Waals surface area (Å²) in [7, 11) is 0. The SMILES string of the molecule is c1ccc(-c2ccc3c(c2)-c2cccnc2C3c2cccc(-n3c4ccc(C5c6ccccc6-c6ccccc65)cc4c4cccnc43)c2)cc1. The quantitative estimate of drug-likeness (QED) is 0.190. The van der Waals surface area contributed by atoms with Crippen molar-refractivity contribution in [3.8, 4) is 39.1 Å². The Labute approximate surface area is 296 Å². The third kappa shape index (κ3) is 4.18. The van der Waals surface area contributed by atoms with Crippen LogP contribution >= 0.6 is 0 Å². The largest absolute Gasteiger partial charge is 0.294 e. The minimum atomic E-state index is 0.0381. The third-order valence-corrected chi connectivity index (χ3v) is 11.1. The van der Waals surface area contributed by atoms with Gasteiger partial charge in [-0.05, 0) is 104 Å². The predicted molar refractivity (Wildman–Crippen MR) is 207 cm³/mol. The number of pyridine rings is 2. The van der Waals surface area contributed by atoms with Gasteiger partial charge in [0.1, 0.15) is 5.65 Å². The summed E-state index contributed by atoms with van der Waals surface area (Å²) in [6.07, 6.45) is 3.83. The Kier molecular flexibility index (Phi) is 6.08. The molecule has 0 amide bonds. The minimum Gasteiger partial charge on any atom is -0.294 e. The monoisotopic (exact) mass is 649 g/mol. The molecule has 3 heterocycles. The predicted octanol–water partition coefficient (Wildman–Crippen LogP) is 11.6. The van der Waals surface area contributed by atoms with Gasteiger partial charge in [-0.2, -0.15) is 0 Å². The molecule has 0 saturated heterocycles. The second-order valence-corrected chi connectivity index (χ2v) is 13.7. The standard InChI is InChI=1S/C48H31N3/c1-2-11-30(12-3-1)31-21-23-39-42(28-31)40-19-9-25-49-47(40)46(39)32-13-8-14-34(27-32)51-44-24-22-33(29-43(44)41-20-10-26-50-48(41)51)45-37-17-6-4-15-35(37)36-16-5-7-18-38(36)45/h1-29,45-46H. The van der Waals surface area contributed by atoms with Crippen molar-refractivity contribution in [1.29, 1.82) is 0 Å². The summed E-state index contributed by atoms with van der Waals surface area (Å²) in [6, 6.07) is 59.8. The molecule has 0 fully saturated rings. The Bertz CT molecular complexity index is 2780. The lowest BCUT2D eigenvalue weighted by molar-refractivity contribution is 0.950. The zero-order chi connectivity index (χ0) is 33.5. The molecule has 11 rings (SSSR count). The van der Waals surface area contributed by atoms with E-state index in [0.717, 1.165) is 27.9 Å². The molecule has 1 unspecified atom stereocenters. The van der Waals surface area contributed by atoms with Gasteiger partial charge in [-0.1, -0.05) is 115 Å². The van der Waals surface area contributed by atoms with Gasteiger partial charge in [0.15, 0.2) is 0 Å². The molecule has 3 heteroatoms. The number of aromatic nitrogens is 3. The summed E-state index contributed by atoms with van der Waals surface area (Å²) in [5.74, 6) is 0.230. The molecule has 9 aromatic rings. The maximum absolute atomic E-state index is 4.99. The molecule has 0 aliphatic heterocycles. The van der Waals surface area contributed by atoms with Crippen LogP contribution < -0.4 is 0 Å². The lowest BCUT2D eigenvalue weighted by atomic mass is 9.88. The molecule has 2 aliphatic carbocycles. The number of benzene rings is 6. The molecule has 3 aromatic heterocycles. The molecule has 0 radical (unpaired) electrons. The molecule has 0 saturated carbocycles. The maximum atomic E-state index is 4.99.